The molecule has 1 amide bonds. The van der Waals surface area contributed by atoms with Crippen LogP contribution in [0.4, 0.5) is 4.39 Å². The van der Waals surface area contributed by atoms with E-state index in [1.54, 1.807) is 12.1 Å². The summed E-state index contributed by atoms with van der Waals surface area (Å²) in [7, 11) is 0. The van der Waals surface area contributed by atoms with Crippen LogP contribution in [0.5, 0.6) is 0 Å². The van der Waals surface area contributed by atoms with E-state index in [9.17, 15) is 9.18 Å². The van der Waals surface area contributed by atoms with Crippen molar-refractivity contribution in [2.45, 2.75) is 39.3 Å². The van der Waals surface area contributed by atoms with Crippen LogP contribution in [-0.4, -0.2) is 68.2 Å². The molecule has 0 aliphatic carbocycles. The third-order valence-electron chi connectivity index (χ3n) is 4.42. The van der Waals surface area contributed by atoms with E-state index in [0.717, 1.165) is 18.7 Å². The van der Waals surface area contributed by atoms with Crippen molar-refractivity contribution >= 4 is 11.9 Å². The highest BCUT2D eigenvalue weighted by Gasteiger charge is 2.23. The normalized spacial score (nSPS) is 16.9. The standard InChI is InChI=1S/C21H34FN5O2/c1-5-23-20(25-15-19(28)26-21(2,3)4)24-14-18(27-9-11-29-12-10-27)16-7-6-8-17(22)13-16/h6-8,13,18H,5,9-12,14-15H2,1-4H3,(H,26,28)(H2,23,24,25). The number of aliphatic imine (C=N–C) groups is 1. The van der Waals surface area contributed by atoms with Gasteiger partial charge in [0.15, 0.2) is 5.96 Å². The summed E-state index contributed by atoms with van der Waals surface area (Å²) >= 11 is 0. The maximum Gasteiger partial charge on any atom is 0.242 e. The Balaban J connectivity index is 2.07. The summed E-state index contributed by atoms with van der Waals surface area (Å²) in [6, 6.07) is 6.66. The molecular formula is C21H34FN5O2. The minimum atomic E-state index is -0.294. The van der Waals surface area contributed by atoms with Crippen molar-refractivity contribution in [3.05, 3.63) is 35.6 Å². The van der Waals surface area contributed by atoms with Crippen LogP contribution < -0.4 is 16.0 Å². The van der Waals surface area contributed by atoms with E-state index >= 15 is 0 Å². The minimum Gasteiger partial charge on any atom is -0.379 e. The molecule has 1 heterocycles. The second-order valence-corrected chi connectivity index (χ2v) is 8.09. The van der Waals surface area contributed by atoms with E-state index in [0.29, 0.717) is 32.3 Å². The average molecular weight is 408 g/mol. The van der Waals surface area contributed by atoms with Gasteiger partial charge in [-0.25, -0.2) is 9.38 Å². The van der Waals surface area contributed by atoms with Crippen LogP contribution in [0, 0.1) is 5.82 Å². The SMILES string of the molecule is CCNC(=NCC(=O)NC(C)(C)C)NCC(c1cccc(F)c1)N1CCOCC1. The number of hydrogen-bond donors (Lipinski definition) is 3. The molecule has 0 spiro atoms. The Labute approximate surface area is 173 Å². The fourth-order valence-electron chi connectivity index (χ4n) is 3.20. The lowest BCUT2D eigenvalue weighted by Crippen LogP contribution is -2.47. The second kappa shape index (κ2) is 11.1. The largest absolute Gasteiger partial charge is 0.379 e. The number of guanidine groups is 1. The van der Waals surface area contributed by atoms with Crippen molar-refractivity contribution in [1.82, 2.24) is 20.9 Å². The molecule has 0 aromatic heterocycles. The molecule has 0 radical (unpaired) electrons. The number of carbonyl (C=O) groups excluding carboxylic acids is 1. The van der Waals surface area contributed by atoms with Gasteiger partial charge in [-0.05, 0) is 45.4 Å². The van der Waals surface area contributed by atoms with E-state index in [2.05, 4.69) is 25.8 Å². The molecule has 0 bridgehead atoms. The molecule has 0 saturated carbocycles. The average Bonchev–Trinajstić information content (AvgIpc) is 2.66. The van der Waals surface area contributed by atoms with Crippen LogP contribution in [0.25, 0.3) is 0 Å². The smallest absolute Gasteiger partial charge is 0.242 e. The zero-order chi connectivity index (χ0) is 21.3. The van der Waals surface area contributed by atoms with Crippen LogP contribution in [0.2, 0.25) is 0 Å². The molecular weight excluding hydrogens is 373 g/mol. The topological polar surface area (TPSA) is 78.0 Å². The molecule has 1 aromatic rings. The Morgan fingerprint density at radius 3 is 2.62 bits per heavy atom. The molecule has 1 aliphatic heterocycles. The summed E-state index contributed by atoms with van der Waals surface area (Å²) in [5, 5.41) is 9.37. The van der Waals surface area contributed by atoms with Gasteiger partial charge in [-0.15, -0.1) is 0 Å². The Bertz CT molecular complexity index is 684. The summed E-state index contributed by atoms with van der Waals surface area (Å²) in [6.07, 6.45) is 0. The van der Waals surface area contributed by atoms with Gasteiger partial charge in [-0.2, -0.15) is 0 Å². The van der Waals surface area contributed by atoms with Crippen molar-refractivity contribution in [3.63, 3.8) is 0 Å². The lowest BCUT2D eigenvalue weighted by Gasteiger charge is -2.35. The maximum atomic E-state index is 13.8. The summed E-state index contributed by atoms with van der Waals surface area (Å²) in [5.41, 5.74) is 0.609. The van der Waals surface area contributed by atoms with Crippen LogP contribution in [0.1, 0.15) is 39.3 Å². The summed E-state index contributed by atoms with van der Waals surface area (Å²) in [6.45, 7) is 11.9. The first kappa shape index (κ1) is 23.1. The highest BCUT2D eigenvalue weighted by atomic mass is 19.1. The fourth-order valence-corrected chi connectivity index (χ4v) is 3.20. The first-order chi connectivity index (χ1) is 13.8. The number of ether oxygens (including phenoxy) is 1. The van der Waals surface area contributed by atoms with Gasteiger partial charge in [-0.1, -0.05) is 12.1 Å². The second-order valence-electron chi connectivity index (χ2n) is 8.09. The van der Waals surface area contributed by atoms with Crippen molar-refractivity contribution in [3.8, 4) is 0 Å². The zero-order valence-electron chi connectivity index (χ0n) is 17.9. The van der Waals surface area contributed by atoms with E-state index in [4.69, 9.17) is 4.74 Å². The molecule has 3 N–H and O–H groups in total. The number of rotatable bonds is 7. The number of benzene rings is 1. The van der Waals surface area contributed by atoms with Crippen LogP contribution in [0.3, 0.4) is 0 Å². The number of amides is 1. The number of carbonyl (C=O) groups is 1. The number of nitrogens with zero attached hydrogens (tertiary/aromatic N) is 2. The summed E-state index contributed by atoms with van der Waals surface area (Å²) < 4.78 is 19.3. The van der Waals surface area contributed by atoms with Crippen molar-refractivity contribution < 1.29 is 13.9 Å². The molecule has 7 nitrogen and oxygen atoms in total. The Hall–Kier alpha value is -2.19. The molecule has 1 unspecified atom stereocenters. The lowest BCUT2D eigenvalue weighted by molar-refractivity contribution is -0.121. The van der Waals surface area contributed by atoms with Gasteiger partial charge < -0.3 is 20.7 Å². The molecule has 162 valence electrons. The van der Waals surface area contributed by atoms with Gasteiger partial charge in [-0.3, -0.25) is 9.69 Å². The predicted molar refractivity (Wildman–Crippen MR) is 113 cm³/mol. The van der Waals surface area contributed by atoms with Gasteiger partial charge in [0.05, 0.1) is 19.3 Å². The van der Waals surface area contributed by atoms with Gasteiger partial charge in [0.1, 0.15) is 12.4 Å². The Morgan fingerprint density at radius 1 is 1.28 bits per heavy atom. The molecule has 1 aliphatic rings. The number of morpholine rings is 1. The van der Waals surface area contributed by atoms with Gasteiger partial charge >= 0.3 is 0 Å². The van der Waals surface area contributed by atoms with Gasteiger partial charge in [0.25, 0.3) is 0 Å². The molecule has 1 saturated heterocycles. The lowest BCUT2D eigenvalue weighted by atomic mass is 10.0. The molecule has 29 heavy (non-hydrogen) atoms. The predicted octanol–water partition coefficient (Wildman–Crippen LogP) is 1.67. The highest BCUT2D eigenvalue weighted by Crippen LogP contribution is 2.22. The Morgan fingerprint density at radius 2 is 2.00 bits per heavy atom. The Kier molecular flexibility index (Phi) is 8.85. The summed E-state index contributed by atoms with van der Waals surface area (Å²) in [4.78, 5) is 18.7. The first-order valence-corrected chi connectivity index (χ1v) is 10.2. The van der Waals surface area contributed by atoms with Crippen molar-refractivity contribution in [2.24, 2.45) is 4.99 Å². The minimum absolute atomic E-state index is 0.0261. The third-order valence-corrected chi connectivity index (χ3v) is 4.42. The monoisotopic (exact) mass is 407 g/mol. The van der Waals surface area contributed by atoms with E-state index in [1.165, 1.54) is 6.07 Å². The molecule has 1 aromatic carbocycles. The number of halogens is 1. The van der Waals surface area contributed by atoms with Crippen LogP contribution >= 0.6 is 0 Å². The molecule has 1 fully saturated rings. The van der Waals surface area contributed by atoms with Crippen LogP contribution in [0.15, 0.2) is 29.3 Å². The van der Waals surface area contributed by atoms with Crippen molar-refractivity contribution in [2.75, 3.05) is 45.9 Å². The summed E-state index contributed by atoms with van der Waals surface area (Å²) in [5.74, 6) is 0.177. The highest BCUT2D eigenvalue weighted by molar-refractivity contribution is 5.85. The van der Waals surface area contributed by atoms with Crippen LogP contribution in [-0.2, 0) is 9.53 Å². The number of hydrogen-bond acceptors (Lipinski definition) is 4. The van der Waals surface area contributed by atoms with E-state index < -0.39 is 0 Å². The third kappa shape index (κ3) is 8.37. The van der Waals surface area contributed by atoms with E-state index in [1.807, 2.05) is 33.8 Å². The molecule has 1 atom stereocenters. The quantitative estimate of drug-likeness (QED) is 0.473. The van der Waals surface area contributed by atoms with Crippen molar-refractivity contribution in [1.29, 1.82) is 0 Å². The first-order valence-electron chi connectivity index (χ1n) is 10.2. The zero-order valence-corrected chi connectivity index (χ0v) is 17.9. The van der Waals surface area contributed by atoms with Gasteiger partial charge in [0.2, 0.25) is 5.91 Å². The maximum absolute atomic E-state index is 13.8. The van der Waals surface area contributed by atoms with E-state index in [-0.39, 0.29) is 29.8 Å². The molecule has 8 heteroatoms. The number of nitrogens with one attached hydrogen (secondary N) is 3. The molecule has 2 rings (SSSR count). The van der Waals surface area contributed by atoms with Gasteiger partial charge in [0, 0.05) is 31.7 Å². The fraction of sp³-hybridized carbons (Fsp3) is 0.619.